The highest BCUT2D eigenvalue weighted by atomic mass is 32.2. The Balaban J connectivity index is 1.21. The van der Waals surface area contributed by atoms with E-state index in [0.29, 0.717) is 30.0 Å². The zero-order valence-corrected chi connectivity index (χ0v) is 20.3. The third-order valence-corrected chi connectivity index (χ3v) is 8.78. The van der Waals surface area contributed by atoms with Gasteiger partial charge in [0.05, 0.1) is 10.6 Å². The number of amides is 1. The lowest BCUT2D eigenvalue weighted by atomic mass is 10.2. The second-order valence-electron chi connectivity index (χ2n) is 8.48. The van der Waals surface area contributed by atoms with Crippen LogP contribution in [-0.2, 0) is 14.8 Å². The second-order valence-corrected chi connectivity index (χ2v) is 11.4. The third kappa shape index (κ3) is 5.01. The van der Waals surface area contributed by atoms with Crippen LogP contribution in [0.25, 0.3) is 11.4 Å². The number of benzene rings is 1. The predicted molar refractivity (Wildman–Crippen MR) is 130 cm³/mol. The molecule has 0 atom stereocenters. The maximum Gasteiger partial charge on any atom is 0.243 e. The normalized spacial score (nSPS) is 16.9. The second kappa shape index (κ2) is 9.85. The van der Waals surface area contributed by atoms with Gasteiger partial charge < -0.3 is 5.32 Å². The van der Waals surface area contributed by atoms with Crippen LogP contribution in [0, 0.1) is 0 Å². The van der Waals surface area contributed by atoms with Crippen LogP contribution in [0.4, 0.5) is 5.69 Å². The highest BCUT2D eigenvalue weighted by molar-refractivity contribution is 7.99. The van der Waals surface area contributed by atoms with Crippen LogP contribution < -0.4 is 5.32 Å². The average Bonchev–Trinajstić information content (AvgIpc) is 3.62. The molecule has 3 heterocycles. The zero-order valence-electron chi connectivity index (χ0n) is 18.6. The summed E-state index contributed by atoms with van der Waals surface area (Å²) < 4.78 is 29.2. The minimum atomic E-state index is -3.49. The lowest BCUT2D eigenvalue weighted by molar-refractivity contribution is -0.113. The van der Waals surface area contributed by atoms with Gasteiger partial charge in [0.25, 0.3) is 0 Å². The SMILES string of the molecule is O=C(CSc1nnc(-c2cccnc2)n1C1CC1)Nc1ccc(S(=O)(=O)N2CCCCC2)cc1. The quantitative estimate of drug-likeness (QED) is 0.473. The van der Waals surface area contributed by atoms with E-state index in [1.165, 1.54) is 16.1 Å². The predicted octanol–water partition coefficient (Wildman–Crippen LogP) is 3.58. The van der Waals surface area contributed by atoms with Crippen molar-refractivity contribution in [3.05, 3.63) is 48.8 Å². The van der Waals surface area contributed by atoms with Gasteiger partial charge in [0.2, 0.25) is 15.9 Å². The summed E-state index contributed by atoms with van der Waals surface area (Å²) in [7, 11) is -3.49. The topological polar surface area (TPSA) is 110 Å². The summed E-state index contributed by atoms with van der Waals surface area (Å²) >= 11 is 1.34. The van der Waals surface area contributed by atoms with Crippen LogP contribution in [0.3, 0.4) is 0 Å². The van der Waals surface area contributed by atoms with E-state index in [1.54, 1.807) is 36.7 Å². The molecule has 1 aromatic carbocycles. The number of anilines is 1. The Hall–Kier alpha value is -2.76. The molecule has 1 aliphatic carbocycles. The van der Waals surface area contributed by atoms with E-state index in [-0.39, 0.29) is 16.6 Å². The molecule has 1 amide bonds. The number of hydrogen-bond acceptors (Lipinski definition) is 7. The maximum atomic E-state index is 12.8. The van der Waals surface area contributed by atoms with Crippen LogP contribution in [0.2, 0.25) is 0 Å². The number of thioether (sulfide) groups is 1. The molecule has 2 fully saturated rings. The Morgan fingerprint density at radius 2 is 1.82 bits per heavy atom. The summed E-state index contributed by atoms with van der Waals surface area (Å²) in [6.07, 6.45) is 8.47. The fraction of sp³-hybridized carbons (Fsp3) is 0.391. The number of carbonyl (C=O) groups is 1. The number of nitrogens with one attached hydrogen (secondary N) is 1. The van der Waals surface area contributed by atoms with Crippen molar-refractivity contribution in [3.8, 4) is 11.4 Å². The fourth-order valence-electron chi connectivity index (χ4n) is 4.02. The Morgan fingerprint density at radius 1 is 1.06 bits per heavy atom. The Kier molecular flexibility index (Phi) is 6.66. The van der Waals surface area contributed by atoms with Gasteiger partial charge in [-0.05, 0) is 62.1 Å². The summed E-state index contributed by atoms with van der Waals surface area (Å²) in [4.78, 5) is 17.0. The summed E-state index contributed by atoms with van der Waals surface area (Å²) in [5.74, 6) is 0.750. The summed E-state index contributed by atoms with van der Waals surface area (Å²) in [6, 6.07) is 10.5. The first-order valence-electron chi connectivity index (χ1n) is 11.4. The molecule has 0 unspecified atom stereocenters. The molecule has 0 radical (unpaired) electrons. The van der Waals surface area contributed by atoms with Crippen molar-refractivity contribution < 1.29 is 13.2 Å². The van der Waals surface area contributed by atoms with Gasteiger partial charge in [-0.2, -0.15) is 4.31 Å². The molecule has 1 saturated carbocycles. The highest BCUT2D eigenvalue weighted by Gasteiger charge is 2.30. The molecule has 0 spiro atoms. The van der Waals surface area contributed by atoms with E-state index in [4.69, 9.17) is 0 Å². The molecule has 178 valence electrons. The monoisotopic (exact) mass is 498 g/mol. The molecular formula is C23H26N6O3S2. The number of sulfonamides is 1. The van der Waals surface area contributed by atoms with Crippen molar-refractivity contribution in [1.29, 1.82) is 0 Å². The fourth-order valence-corrected chi connectivity index (χ4v) is 6.34. The first-order valence-corrected chi connectivity index (χ1v) is 13.8. The molecule has 1 saturated heterocycles. The lowest BCUT2D eigenvalue weighted by Crippen LogP contribution is -2.35. The van der Waals surface area contributed by atoms with Crippen molar-refractivity contribution >= 4 is 33.4 Å². The standard InChI is InChI=1S/C23H26N6O3S2/c30-21(25-18-6-10-20(11-7-18)34(31,32)28-13-2-1-3-14-28)16-33-23-27-26-22(29(23)19-8-9-19)17-5-4-12-24-15-17/h4-7,10-12,15,19H,1-3,8-9,13-14,16H2,(H,25,30). The molecule has 1 aliphatic heterocycles. The van der Waals surface area contributed by atoms with E-state index < -0.39 is 10.0 Å². The van der Waals surface area contributed by atoms with E-state index in [1.807, 2.05) is 12.1 Å². The van der Waals surface area contributed by atoms with Gasteiger partial charge in [-0.1, -0.05) is 18.2 Å². The smallest absolute Gasteiger partial charge is 0.243 e. The number of hydrogen-bond donors (Lipinski definition) is 1. The van der Waals surface area contributed by atoms with Gasteiger partial charge >= 0.3 is 0 Å². The van der Waals surface area contributed by atoms with Gasteiger partial charge in [-0.15, -0.1) is 10.2 Å². The summed E-state index contributed by atoms with van der Waals surface area (Å²) in [6.45, 7) is 1.12. The van der Waals surface area contributed by atoms with Crippen molar-refractivity contribution in [2.24, 2.45) is 0 Å². The maximum absolute atomic E-state index is 12.8. The largest absolute Gasteiger partial charge is 0.325 e. The van der Waals surface area contributed by atoms with Gasteiger partial charge in [-0.3, -0.25) is 14.3 Å². The minimum absolute atomic E-state index is 0.172. The molecule has 34 heavy (non-hydrogen) atoms. The number of carbonyl (C=O) groups excluding carboxylic acids is 1. The molecular weight excluding hydrogens is 472 g/mol. The summed E-state index contributed by atoms with van der Waals surface area (Å²) in [5, 5.41) is 12.2. The average molecular weight is 499 g/mol. The third-order valence-electron chi connectivity index (χ3n) is 5.92. The molecule has 1 N–H and O–H groups in total. The number of piperidine rings is 1. The number of aromatic nitrogens is 4. The lowest BCUT2D eigenvalue weighted by Gasteiger charge is -2.25. The van der Waals surface area contributed by atoms with E-state index in [2.05, 4.69) is 25.1 Å². The van der Waals surface area contributed by atoms with Gasteiger partial charge in [-0.25, -0.2) is 8.42 Å². The van der Waals surface area contributed by atoms with Gasteiger partial charge in [0.1, 0.15) is 0 Å². The van der Waals surface area contributed by atoms with Crippen LogP contribution in [-0.4, -0.2) is 57.2 Å². The minimum Gasteiger partial charge on any atom is -0.325 e. The first kappa shape index (κ1) is 23.0. The van der Waals surface area contributed by atoms with Crippen LogP contribution in [0.5, 0.6) is 0 Å². The van der Waals surface area contributed by atoms with E-state index in [0.717, 1.165) is 43.5 Å². The first-order chi connectivity index (χ1) is 16.5. The van der Waals surface area contributed by atoms with Crippen LogP contribution in [0.15, 0.2) is 58.8 Å². The van der Waals surface area contributed by atoms with Crippen LogP contribution in [0.1, 0.15) is 38.1 Å². The van der Waals surface area contributed by atoms with Crippen molar-refractivity contribution in [2.75, 3.05) is 24.2 Å². The number of rotatable bonds is 8. The molecule has 2 aliphatic rings. The van der Waals surface area contributed by atoms with Crippen molar-refractivity contribution in [3.63, 3.8) is 0 Å². The zero-order chi connectivity index (χ0) is 23.5. The van der Waals surface area contributed by atoms with Crippen LogP contribution >= 0.6 is 11.8 Å². The molecule has 9 nitrogen and oxygen atoms in total. The molecule has 5 rings (SSSR count). The number of pyridine rings is 1. The Morgan fingerprint density at radius 3 is 2.50 bits per heavy atom. The van der Waals surface area contributed by atoms with E-state index in [9.17, 15) is 13.2 Å². The summed E-state index contributed by atoms with van der Waals surface area (Å²) in [5.41, 5.74) is 1.46. The highest BCUT2D eigenvalue weighted by Crippen LogP contribution is 2.40. The van der Waals surface area contributed by atoms with Crippen molar-refractivity contribution in [1.82, 2.24) is 24.1 Å². The Labute approximate surface area is 203 Å². The Bertz CT molecular complexity index is 1250. The molecule has 11 heteroatoms. The van der Waals surface area contributed by atoms with E-state index >= 15 is 0 Å². The molecule has 0 bridgehead atoms. The number of nitrogens with zero attached hydrogens (tertiary/aromatic N) is 5. The van der Waals surface area contributed by atoms with Gasteiger partial charge in [0.15, 0.2) is 11.0 Å². The molecule has 2 aromatic heterocycles. The molecule has 3 aromatic rings. The van der Waals surface area contributed by atoms with Gasteiger partial charge in [0, 0.05) is 42.8 Å². The van der Waals surface area contributed by atoms with Crippen molar-refractivity contribution in [2.45, 2.75) is 48.2 Å².